The Labute approximate surface area is 160 Å². The van der Waals surface area contributed by atoms with Gasteiger partial charge >= 0.3 is 8.80 Å². The lowest BCUT2D eigenvalue weighted by molar-refractivity contribution is 0.114. The molecule has 0 fully saturated rings. The summed E-state index contributed by atoms with van der Waals surface area (Å²) in [7, 11) is 0.381. The van der Waals surface area contributed by atoms with Crippen molar-refractivity contribution >= 4 is 46.3 Å². The first-order valence-electron chi connectivity index (χ1n) is 9.31. The topological polar surface area (TPSA) is 27.7 Å². The van der Waals surface area contributed by atoms with Crippen LogP contribution in [0.4, 0.5) is 0 Å². The number of fused-ring (bicyclic) bond motifs is 4. The summed E-state index contributed by atoms with van der Waals surface area (Å²) in [4.78, 5) is 0. The molecule has 0 N–H and O–H groups in total. The van der Waals surface area contributed by atoms with Crippen molar-refractivity contribution in [3.8, 4) is 0 Å². The molecule has 0 aromatic heterocycles. The Kier molecular flexibility index (Phi) is 4.97. The van der Waals surface area contributed by atoms with Crippen molar-refractivity contribution in [3.63, 3.8) is 0 Å². The molecule has 3 nitrogen and oxygen atoms in total. The van der Waals surface area contributed by atoms with Crippen molar-refractivity contribution in [1.29, 1.82) is 0 Å². The lowest BCUT2D eigenvalue weighted by atomic mass is 9.98. The Morgan fingerprint density at radius 1 is 0.741 bits per heavy atom. The predicted octanol–water partition coefficient (Wildman–Crippen LogP) is 5.01. The van der Waals surface area contributed by atoms with Crippen LogP contribution in [-0.4, -0.2) is 29.6 Å². The van der Waals surface area contributed by atoms with Crippen molar-refractivity contribution in [2.24, 2.45) is 0 Å². The summed E-state index contributed by atoms with van der Waals surface area (Å²) < 4.78 is 18.0. The highest BCUT2D eigenvalue weighted by Crippen LogP contribution is 2.30. The summed E-state index contributed by atoms with van der Waals surface area (Å²) in [6, 6.07) is 23.6. The van der Waals surface area contributed by atoms with E-state index in [0.29, 0.717) is 6.61 Å². The fourth-order valence-electron chi connectivity index (χ4n) is 3.79. The van der Waals surface area contributed by atoms with Crippen LogP contribution in [0.5, 0.6) is 0 Å². The maximum Gasteiger partial charge on any atom is 0.537 e. The molecule has 0 aliphatic carbocycles. The van der Waals surface area contributed by atoms with Gasteiger partial charge in [-0.3, -0.25) is 0 Å². The monoisotopic (exact) mass is 376 g/mol. The van der Waals surface area contributed by atoms with Crippen LogP contribution in [0.2, 0.25) is 0 Å². The molecule has 0 heterocycles. The molecule has 4 aromatic rings. The molecule has 0 radical (unpaired) electrons. The second-order valence-corrected chi connectivity index (χ2v) is 9.46. The highest BCUT2D eigenvalue weighted by Gasteiger charge is 2.43. The van der Waals surface area contributed by atoms with Crippen molar-refractivity contribution in [2.45, 2.75) is 13.3 Å². The molecule has 27 heavy (non-hydrogen) atoms. The van der Waals surface area contributed by atoms with Crippen LogP contribution in [-0.2, 0) is 13.3 Å². The molecule has 0 atom stereocenters. The molecule has 0 saturated carbocycles. The first kappa shape index (κ1) is 18.1. The third-order valence-corrected chi connectivity index (χ3v) is 7.83. The van der Waals surface area contributed by atoms with E-state index in [9.17, 15) is 0 Å². The Morgan fingerprint density at radius 3 is 2.11 bits per heavy atom. The summed E-state index contributed by atoms with van der Waals surface area (Å²) in [6.45, 7) is 2.70. The Hall–Kier alpha value is -2.24. The van der Waals surface area contributed by atoms with Gasteiger partial charge in [-0.2, -0.15) is 0 Å². The Morgan fingerprint density at radius 2 is 1.41 bits per heavy atom. The van der Waals surface area contributed by atoms with Crippen LogP contribution >= 0.6 is 0 Å². The van der Waals surface area contributed by atoms with Gasteiger partial charge in [0.1, 0.15) is 0 Å². The van der Waals surface area contributed by atoms with E-state index in [1.54, 1.807) is 14.2 Å². The predicted molar refractivity (Wildman–Crippen MR) is 115 cm³/mol. The van der Waals surface area contributed by atoms with Gasteiger partial charge in [-0.15, -0.1) is 0 Å². The fourth-order valence-corrected chi connectivity index (χ4v) is 6.15. The standard InChI is InChI=1S/C23H24O3Si/c1-4-14-26-27(24-2,25-3)22-11-7-10-17-12-13-20-15-18-8-5-6-9-19(18)16-21(20)23(17)22/h5-13,15-16H,4,14H2,1-3H3. The number of hydrogen-bond donors (Lipinski definition) is 0. The molecule has 0 amide bonds. The minimum Gasteiger partial charge on any atom is -0.373 e. The summed E-state index contributed by atoms with van der Waals surface area (Å²) in [5, 5.41) is 8.23. The van der Waals surface area contributed by atoms with E-state index in [1.165, 1.54) is 26.9 Å². The average molecular weight is 377 g/mol. The lowest BCUT2D eigenvalue weighted by Gasteiger charge is -2.28. The van der Waals surface area contributed by atoms with E-state index >= 15 is 0 Å². The lowest BCUT2D eigenvalue weighted by Crippen LogP contribution is -2.55. The van der Waals surface area contributed by atoms with Crippen molar-refractivity contribution in [1.82, 2.24) is 0 Å². The van der Waals surface area contributed by atoms with Crippen LogP contribution in [0.15, 0.2) is 66.7 Å². The molecule has 0 aliphatic heterocycles. The van der Waals surface area contributed by atoms with Crippen molar-refractivity contribution in [3.05, 3.63) is 66.7 Å². The van der Waals surface area contributed by atoms with Gasteiger partial charge in [0, 0.05) is 26.0 Å². The molecular formula is C23H24O3Si. The average Bonchev–Trinajstić information content (AvgIpc) is 2.73. The highest BCUT2D eigenvalue weighted by atomic mass is 28.4. The molecule has 0 bridgehead atoms. The summed E-state index contributed by atoms with van der Waals surface area (Å²) in [5.41, 5.74) is 0. The normalized spacial score (nSPS) is 12.3. The summed E-state index contributed by atoms with van der Waals surface area (Å²) in [5.74, 6) is 0. The van der Waals surface area contributed by atoms with Crippen LogP contribution in [0.25, 0.3) is 32.3 Å². The number of hydrogen-bond acceptors (Lipinski definition) is 3. The van der Waals surface area contributed by atoms with E-state index in [4.69, 9.17) is 13.3 Å². The van der Waals surface area contributed by atoms with E-state index in [0.717, 1.165) is 17.0 Å². The number of benzene rings is 4. The Balaban J connectivity index is 2.08. The van der Waals surface area contributed by atoms with Gasteiger partial charge in [-0.1, -0.05) is 61.5 Å². The van der Waals surface area contributed by atoms with Crippen molar-refractivity contribution < 1.29 is 13.3 Å². The molecule has 4 rings (SSSR count). The van der Waals surface area contributed by atoms with E-state index in [2.05, 4.69) is 73.7 Å². The van der Waals surface area contributed by atoms with Crippen molar-refractivity contribution in [2.75, 3.05) is 20.8 Å². The van der Waals surface area contributed by atoms with Crippen LogP contribution in [0.3, 0.4) is 0 Å². The largest absolute Gasteiger partial charge is 0.537 e. The van der Waals surface area contributed by atoms with Gasteiger partial charge < -0.3 is 13.3 Å². The zero-order valence-corrected chi connectivity index (χ0v) is 17.0. The van der Waals surface area contributed by atoms with Crippen LogP contribution < -0.4 is 5.19 Å². The van der Waals surface area contributed by atoms with E-state index < -0.39 is 8.80 Å². The molecule has 4 aromatic carbocycles. The first-order chi connectivity index (χ1) is 13.2. The number of rotatable bonds is 6. The molecule has 4 heteroatoms. The van der Waals surface area contributed by atoms with Gasteiger partial charge in [0.15, 0.2) is 0 Å². The van der Waals surface area contributed by atoms with Gasteiger partial charge in [-0.05, 0) is 50.9 Å². The van der Waals surface area contributed by atoms with Gasteiger partial charge in [-0.25, -0.2) is 0 Å². The third kappa shape index (κ3) is 3.05. The second-order valence-electron chi connectivity index (χ2n) is 6.70. The van der Waals surface area contributed by atoms with Gasteiger partial charge in [0.25, 0.3) is 0 Å². The second kappa shape index (κ2) is 7.41. The molecule has 0 unspecified atom stereocenters. The zero-order valence-electron chi connectivity index (χ0n) is 16.0. The minimum absolute atomic E-state index is 0.609. The van der Waals surface area contributed by atoms with Crippen LogP contribution in [0, 0.1) is 0 Å². The molecular weight excluding hydrogens is 352 g/mol. The first-order valence-corrected chi connectivity index (χ1v) is 11.0. The molecule has 138 valence electrons. The van der Waals surface area contributed by atoms with E-state index in [-0.39, 0.29) is 0 Å². The Bertz CT molecular complexity index is 1100. The SMILES string of the molecule is CCCO[Si](OC)(OC)c1cccc2ccc3cc4ccccc4cc3c12. The van der Waals surface area contributed by atoms with E-state index in [1.807, 2.05) is 0 Å². The summed E-state index contributed by atoms with van der Waals surface area (Å²) >= 11 is 0. The smallest absolute Gasteiger partial charge is 0.373 e. The zero-order chi connectivity index (χ0) is 18.9. The molecule has 0 aliphatic rings. The van der Waals surface area contributed by atoms with Gasteiger partial charge in [0.2, 0.25) is 0 Å². The fraction of sp³-hybridized carbons (Fsp3) is 0.217. The quantitative estimate of drug-likeness (QED) is 0.269. The van der Waals surface area contributed by atoms with Crippen LogP contribution in [0.1, 0.15) is 13.3 Å². The maximum absolute atomic E-state index is 6.20. The summed E-state index contributed by atoms with van der Waals surface area (Å²) in [6.07, 6.45) is 0.914. The molecule has 0 spiro atoms. The third-order valence-electron chi connectivity index (χ3n) is 5.09. The minimum atomic E-state index is -2.99. The van der Waals surface area contributed by atoms with Gasteiger partial charge in [0.05, 0.1) is 0 Å². The maximum atomic E-state index is 6.20. The molecule has 0 saturated heterocycles. The highest BCUT2D eigenvalue weighted by molar-refractivity contribution is 6.78.